The number of fused-ring (bicyclic) bond motifs is 1. The van der Waals surface area contributed by atoms with Crippen LogP contribution < -0.4 is 10.0 Å². The number of benzene rings is 1. The van der Waals surface area contributed by atoms with Gasteiger partial charge in [0.2, 0.25) is 0 Å². The number of nitriles is 1. The molecule has 2 N–H and O–H groups in total. The molecule has 6 nitrogen and oxygen atoms in total. The molecule has 2 unspecified atom stereocenters. The van der Waals surface area contributed by atoms with E-state index in [1.54, 1.807) is 42.1 Å². The number of carbonyl (C=O) groups excluding carboxylic acids is 1. The van der Waals surface area contributed by atoms with Crippen LogP contribution in [0.4, 0.5) is 10.1 Å². The lowest BCUT2D eigenvalue weighted by Crippen LogP contribution is -2.38. The zero-order chi connectivity index (χ0) is 19.8. The first-order valence-corrected chi connectivity index (χ1v) is 9.15. The van der Waals surface area contributed by atoms with Gasteiger partial charge in [0.05, 0.1) is 16.0 Å². The molecule has 1 amide bonds. The van der Waals surface area contributed by atoms with Crippen LogP contribution in [0.1, 0.15) is 28.5 Å². The lowest BCUT2D eigenvalue weighted by molar-refractivity contribution is 0.101. The summed E-state index contributed by atoms with van der Waals surface area (Å²) in [5, 5.41) is 11.6. The topological polar surface area (TPSA) is 86.9 Å². The van der Waals surface area contributed by atoms with Crippen molar-refractivity contribution in [2.45, 2.75) is 17.4 Å². The van der Waals surface area contributed by atoms with Crippen molar-refractivity contribution in [1.82, 2.24) is 9.29 Å². The van der Waals surface area contributed by atoms with Crippen molar-refractivity contribution >= 4 is 28.7 Å². The minimum absolute atomic E-state index is 0.162. The van der Waals surface area contributed by atoms with Gasteiger partial charge >= 0.3 is 0 Å². The predicted octanol–water partition coefficient (Wildman–Crippen LogP) is 2.87. The Hall–Kier alpha value is -3.02. The number of amides is 1. The summed E-state index contributed by atoms with van der Waals surface area (Å²) >= 11 is 0. The van der Waals surface area contributed by atoms with E-state index in [0.717, 1.165) is 6.07 Å². The molecule has 1 aromatic heterocycles. The Balaban J connectivity index is 2.00. The van der Waals surface area contributed by atoms with E-state index in [-0.39, 0.29) is 5.56 Å². The number of hydrogen-bond acceptors (Lipinski definition) is 3. The Bertz CT molecular complexity index is 1050. The molecule has 0 fully saturated rings. The molecule has 0 aliphatic carbocycles. The van der Waals surface area contributed by atoms with Gasteiger partial charge in [-0.15, -0.1) is 6.58 Å². The normalized spacial score (nSPS) is 21.0. The van der Waals surface area contributed by atoms with Crippen LogP contribution in [0.2, 0.25) is 0 Å². The highest BCUT2D eigenvalue weighted by atomic mass is 32.2. The van der Waals surface area contributed by atoms with Gasteiger partial charge in [0.1, 0.15) is 28.6 Å². The summed E-state index contributed by atoms with van der Waals surface area (Å²) in [6, 6.07) is 5.49. The maximum Gasteiger partial charge on any atom is 0.272 e. The number of nitrogens with zero attached hydrogens (tertiary/aromatic N) is 2. The quantitative estimate of drug-likeness (QED) is 0.798. The Morgan fingerprint density at radius 1 is 1.52 bits per heavy atom. The number of rotatable bonds is 3. The third-order valence-electron chi connectivity index (χ3n) is 4.28. The van der Waals surface area contributed by atoms with Crippen LogP contribution in [0.25, 0.3) is 6.08 Å². The van der Waals surface area contributed by atoms with Gasteiger partial charge in [0.25, 0.3) is 5.91 Å². The van der Waals surface area contributed by atoms with E-state index in [9.17, 15) is 13.4 Å². The average molecular weight is 384 g/mol. The zero-order valence-electron chi connectivity index (χ0n) is 14.7. The van der Waals surface area contributed by atoms with E-state index in [1.165, 1.54) is 12.1 Å². The minimum atomic E-state index is -1.54. The molecule has 2 atom stereocenters. The van der Waals surface area contributed by atoms with Crippen molar-refractivity contribution in [3.8, 4) is 6.07 Å². The first kappa shape index (κ1) is 18.8. The van der Waals surface area contributed by atoms with E-state index in [4.69, 9.17) is 5.26 Å². The number of halogens is 1. The first-order chi connectivity index (χ1) is 12.8. The van der Waals surface area contributed by atoms with Crippen molar-refractivity contribution in [3.05, 3.63) is 65.8 Å². The van der Waals surface area contributed by atoms with Crippen LogP contribution >= 0.6 is 0 Å². The molecule has 27 heavy (non-hydrogen) atoms. The van der Waals surface area contributed by atoms with Crippen LogP contribution in [0.15, 0.2) is 48.0 Å². The van der Waals surface area contributed by atoms with Gasteiger partial charge in [-0.05, 0) is 25.1 Å². The van der Waals surface area contributed by atoms with Gasteiger partial charge in [-0.3, -0.25) is 4.79 Å². The standard InChI is InChI=1S/C19H17FN4O2S/c1-4-19(2)8-7-14-16(27(26)23-19)11-24(3)17(14)18(25)22-13-5-6-15(20)12(9-13)10-21/h4-9,11,23H,1H2,2-3H3,(H,22,25). The molecule has 2 heterocycles. The Morgan fingerprint density at radius 3 is 2.93 bits per heavy atom. The minimum Gasteiger partial charge on any atom is -0.345 e. The number of aryl methyl sites for hydroxylation is 1. The monoisotopic (exact) mass is 384 g/mol. The maximum absolute atomic E-state index is 13.5. The summed E-state index contributed by atoms with van der Waals surface area (Å²) in [7, 11) is 0.134. The molecule has 1 aromatic carbocycles. The van der Waals surface area contributed by atoms with E-state index in [2.05, 4.69) is 16.6 Å². The SMILES string of the molecule is C=CC1(C)C=Cc2c(cn(C)c2C(=O)Nc2ccc(F)c(C#N)c2)S(=O)N1. The van der Waals surface area contributed by atoms with Crippen molar-refractivity contribution in [3.63, 3.8) is 0 Å². The third kappa shape index (κ3) is 3.47. The summed E-state index contributed by atoms with van der Waals surface area (Å²) in [6.45, 7) is 5.57. The molecule has 0 spiro atoms. The maximum atomic E-state index is 13.5. The van der Waals surface area contributed by atoms with E-state index in [1.807, 2.05) is 6.92 Å². The first-order valence-electron chi connectivity index (χ1n) is 8.00. The number of carbonyl (C=O) groups is 1. The molecule has 0 saturated carbocycles. The number of anilines is 1. The number of aromatic nitrogens is 1. The second kappa shape index (κ2) is 6.95. The lowest BCUT2D eigenvalue weighted by Gasteiger charge is -2.20. The summed E-state index contributed by atoms with van der Waals surface area (Å²) in [5.74, 6) is -1.12. The van der Waals surface area contributed by atoms with Gasteiger partial charge < -0.3 is 9.88 Å². The highest BCUT2D eigenvalue weighted by molar-refractivity contribution is 7.83. The fraction of sp³-hybridized carbons (Fsp3) is 0.158. The van der Waals surface area contributed by atoms with Crippen molar-refractivity contribution in [2.75, 3.05) is 5.32 Å². The van der Waals surface area contributed by atoms with Crippen LogP contribution in [-0.4, -0.2) is 20.2 Å². The van der Waals surface area contributed by atoms with Gasteiger partial charge in [-0.1, -0.05) is 18.2 Å². The van der Waals surface area contributed by atoms with Gasteiger partial charge in [0, 0.05) is 24.5 Å². The fourth-order valence-corrected chi connectivity index (χ4v) is 4.02. The fourth-order valence-electron chi connectivity index (χ4n) is 2.74. The third-order valence-corrected chi connectivity index (χ3v) is 5.63. The Morgan fingerprint density at radius 2 is 2.26 bits per heavy atom. The summed E-state index contributed by atoms with van der Waals surface area (Å²) in [4.78, 5) is 13.3. The molecule has 1 aliphatic heterocycles. The van der Waals surface area contributed by atoms with E-state index in [0.29, 0.717) is 21.8 Å². The second-order valence-corrected chi connectivity index (χ2v) is 7.50. The zero-order valence-corrected chi connectivity index (χ0v) is 15.6. The van der Waals surface area contributed by atoms with Crippen molar-refractivity contribution < 1.29 is 13.4 Å². The smallest absolute Gasteiger partial charge is 0.272 e. The predicted molar refractivity (Wildman–Crippen MR) is 102 cm³/mol. The van der Waals surface area contributed by atoms with Crippen LogP contribution in [-0.2, 0) is 18.0 Å². The second-order valence-electron chi connectivity index (χ2n) is 6.32. The van der Waals surface area contributed by atoms with Gasteiger partial charge in [-0.2, -0.15) is 5.26 Å². The van der Waals surface area contributed by atoms with Gasteiger partial charge in [-0.25, -0.2) is 13.3 Å². The molecule has 2 aromatic rings. The van der Waals surface area contributed by atoms with E-state index >= 15 is 0 Å². The molecular weight excluding hydrogens is 367 g/mol. The lowest BCUT2D eigenvalue weighted by atomic mass is 10.0. The number of hydrogen-bond donors (Lipinski definition) is 2. The molecule has 3 rings (SSSR count). The Kier molecular flexibility index (Phi) is 4.83. The number of nitrogens with one attached hydrogen (secondary N) is 2. The molecule has 0 saturated heterocycles. The molecule has 8 heteroatoms. The van der Waals surface area contributed by atoms with E-state index < -0.39 is 28.2 Å². The molecule has 0 radical (unpaired) electrons. The van der Waals surface area contributed by atoms with Gasteiger partial charge in [0.15, 0.2) is 0 Å². The van der Waals surface area contributed by atoms with Crippen molar-refractivity contribution in [2.24, 2.45) is 7.05 Å². The average Bonchev–Trinajstić information content (AvgIpc) is 2.92. The highest BCUT2D eigenvalue weighted by Gasteiger charge is 2.29. The van der Waals surface area contributed by atoms with Crippen LogP contribution in [0, 0.1) is 17.1 Å². The van der Waals surface area contributed by atoms with Crippen LogP contribution in [0.5, 0.6) is 0 Å². The highest BCUT2D eigenvalue weighted by Crippen LogP contribution is 2.28. The summed E-state index contributed by atoms with van der Waals surface area (Å²) in [6.07, 6.45) is 6.77. The largest absolute Gasteiger partial charge is 0.345 e. The Labute approximate surface area is 158 Å². The molecule has 0 bridgehead atoms. The summed E-state index contributed by atoms with van der Waals surface area (Å²) < 4.78 is 30.6. The van der Waals surface area contributed by atoms with Crippen molar-refractivity contribution in [1.29, 1.82) is 5.26 Å². The molecule has 138 valence electrons. The molecule has 1 aliphatic rings. The van der Waals surface area contributed by atoms with Crippen LogP contribution in [0.3, 0.4) is 0 Å². The molecular formula is C19H17FN4O2S. The summed E-state index contributed by atoms with van der Waals surface area (Å²) in [5.41, 5.74) is 0.273.